The summed E-state index contributed by atoms with van der Waals surface area (Å²) in [5.41, 5.74) is 3.42. The van der Waals surface area contributed by atoms with Gasteiger partial charge in [0.25, 0.3) is 0 Å². The van der Waals surface area contributed by atoms with Crippen LogP contribution in [0.4, 0.5) is 14.9 Å². The van der Waals surface area contributed by atoms with Crippen LogP contribution in [0.1, 0.15) is 16.8 Å². The fraction of sp³-hybridized carbons (Fsp3) is 0.300. The Bertz CT molecular complexity index is 882. The van der Waals surface area contributed by atoms with E-state index < -0.39 is 0 Å². The minimum Gasteiger partial charge on any atom is -0.504 e. The number of halogens is 1. The van der Waals surface area contributed by atoms with Crippen molar-refractivity contribution in [3.8, 4) is 5.75 Å². The molecular formula is C20H21FN4O2. The van der Waals surface area contributed by atoms with Gasteiger partial charge in [0.15, 0.2) is 5.75 Å². The van der Waals surface area contributed by atoms with E-state index in [-0.39, 0.29) is 17.6 Å². The molecule has 3 heterocycles. The molecule has 1 aromatic heterocycles. The molecule has 140 valence electrons. The van der Waals surface area contributed by atoms with Crippen LogP contribution in [0.25, 0.3) is 6.08 Å². The highest BCUT2D eigenvalue weighted by Crippen LogP contribution is 2.37. The lowest BCUT2D eigenvalue weighted by Crippen LogP contribution is -2.31. The molecule has 2 amide bonds. The third-order valence-electron chi connectivity index (χ3n) is 4.93. The van der Waals surface area contributed by atoms with Crippen molar-refractivity contribution >= 4 is 17.8 Å². The molecule has 0 aliphatic carbocycles. The number of fused-ring (bicyclic) bond motifs is 1. The van der Waals surface area contributed by atoms with Gasteiger partial charge in [-0.15, -0.1) is 0 Å². The molecule has 2 aliphatic rings. The third kappa shape index (κ3) is 3.58. The van der Waals surface area contributed by atoms with E-state index in [0.29, 0.717) is 39.1 Å². The number of nitrogens with zero attached hydrogens (tertiary/aromatic N) is 3. The average Bonchev–Trinajstić information content (AvgIpc) is 3.08. The largest absolute Gasteiger partial charge is 0.504 e. The van der Waals surface area contributed by atoms with Crippen LogP contribution in [0.3, 0.4) is 0 Å². The predicted molar refractivity (Wildman–Crippen MR) is 101 cm³/mol. The molecule has 0 radical (unpaired) electrons. The molecule has 2 aromatic rings. The number of rotatable bonds is 5. The molecule has 1 fully saturated rings. The maximum Gasteiger partial charge on any atom is 0.317 e. The summed E-state index contributed by atoms with van der Waals surface area (Å²) in [6.07, 6.45) is 6.08. The average molecular weight is 368 g/mol. The summed E-state index contributed by atoms with van der Waals surface area (Å²) in [5.74, 6) is -0.142. The molecule has 0 atom stereocenters. The number of hydrogen-bond acceptors (Lipinski definition) is 4. The van der Waals surface area contributed by atoms with Crippen molar-refractivity contribution in [2.24, 2.45) is 0 Å². The van der Waals surface area contributed by atoms with Gasteiger partial charge < -0.3 is 20.2 Å². The molecule has 1 saturated heterocycles. The first kappa shape index (κ1) is 17.3. The smallest absolute Gasteiger partial charge is 0.317 e. The number of nitrogens with one attached hydrogen (secondary N) is 1. The van der Waals surface area contributed by atoms with E-state index in [0.717, 1.165) is 22.5 Å². The Kier molecular flexibility index (Phi) is 4.66. The van der Waals surface area contributed by atoms with Crippen LogP contribution in [0.15, 0.2) is 36.5 Å². The molecule has 0 unspecified atom stereocenters. The highest BCUT2D eigenvalue weighted by atomic mass is 19.1. The second kappa shape index (κ2) is 7.26. The monoisotopic (exact) mass is 368 g/mol. The summed E-state index contributed by atoms with van der Waals surface area (Å²) >= 11 is 0. The van der Waals surface area contributed by atoms with E-state index in [1.54, 1.807) is 17.0 Å². The number of aromatic hydroxyl groups is 1. The highest BCUT2D eigenvalue weighted by molar-refractivity contribution is 5.78. The van der Waals surface area contributed by atoms with E-state index in [2.05, 4.69) is 10.3 Å². The molecular weight excluding hydrogens is 347 g/mol. The Balaban J connectivity index is 1.57. The minimum atomic E-state index is -0.266. The zero-order valence-electron chi connectivity index (χ0n) is 14.9. The number of benzene rings is 1. The summed E-state index contributed by atoms with van der Waals surface area (Å²) in [7, 11) is 0. The number of urea groups is 1. The Morgan fingerprint density at radius 1 is 1.22 bits per heavy atom. The van der Waals surface area contributed by atoms with Crippen molar-refractivity contribution in [1.82, 2.24) is 15.2 Å². The van der Waals surface area contributed by atoms with E-state index >= 15 is 0 Å². The second-order valence-corrected chi connectivity index (χ2v) is 6.73. The van der Waals surface area contributed by atoms with Crippen molar-refractivity contribution in [2.45, 2.75) is 13.0 Å². The fourth-order valence-electron chi connectivity index (χ4n) is 3.56. The van der Waals surface area contributed by atoms with Crippen LogP contribution in [-0.4, -0.2) is 47.2 Å². The zero-order valence-corrected chi connectivity index (χ0v) is 14.9. The van der Waals surface area contributed by atoms with Crippen LogP contribution in [0.2, 0.25) is 0 Å². The Hall–Kier alpha value is -3.09. The SMILES string of the molecule is O=C1NCCN1CCc1ncc(O)c2c1C=CCN2Cc1ccc(F)cc1. The lowest BCUT2D eigenvalue weighted by atomic mass is 10.0. The van der Waals surface area contributed by atoms with Crippen LogP contribution >= 0.6 is 0 Å². The quantitative estimate of drug-likeness (QED) is 0.851. The summed E-state index contributed by atoms with van der Waals surface area (Å²) in [4.78, 5) is 19.9. The maximum absolute atomic E-state index is 13.2. The van der Waals surface area contributed by atoms with Gasteiger partial charge in [-0.25, -0.2) is 9.18 Å². The Labute approximate surface area is 156 Å². The van der Waals surface area contributed by atoms with Crippen LogP contribution in [0.5, 0.6) is 5.75 Å². The van der Waals surface area contributed by atoms with Crippen molar-refractivity contribution in [1.29, 1.82) is 0 Å². The lowest BCUT2D eigenvalue weighted by Gasteiger charge is -2.30. The molecule has 4 rings (SSSR count). The van der Waals surface area contributed by atoms with Gasteiger partial charge in [0.2, 0.25) is 0 Å². The third-order valence-corrected chi connectivity index (χ3v) is 4.93. The predicted octanol–water partition coefficient (Wildman–Crippen LogP) is 2.53. The van der Waals surface area contributed by atoms with Gasteiger partial charge in [0.05, 0.1) is 17.6 Å². The lowest BCUT2D eigenvalue weighted by molar-refractivity contribution is 0.218. The summed E-state index contributed by atoms with van der Waals surface area (Å²) in [6.45, 7) is 3.16. The van der Waals surface area contributed by atoms with Crippen LogP contribution in [0, 0.1) is 5.82 Å². The van der Waals surface area contributed by atoms with Crippen molar-refractivity contribution in [2.75, 3.05) is 31.1 Å². The van der Waals surface area contributed by atoms with Gasteiger partial charge in [0.1, 0.15) is 5.82 Å². The van der Waals surface area contributed by atoms with Crippen molar-refractivity contribution in [3.05, 3.63) is 59.2 Å². The van der Waals surface area contributed by atoms with Crippen LogP contribution in [-0.2, 0) is 13.0 Å². The molecule has 2 N–H and O–H groups in total. The normalized spacial score (nSPS) is 15.8. The minimum absolute atomic E-state index is 0.0453. The molecule has 7 heteroatoms. The van der Waals surface area contributed by atoms with E-state index in [1.165, 1.54) is 18.3 Å². The first-order chi connectivity index (χ1) is 13.1. The number of hydrogen-bond donors (Lipinski definition) is 2. The maximum atomic E-state index is 13.2. The topological polar surface area (TPSA) is 68.7 Å². The molecule has 0 saturated carbocycles. The van der Waals surface area contributed by atoms with Gasteiger partial charge in [-0.3, -0.25) is 4.98 Å². The summed E-state index contributed by atoms with van der Waals surface area (Å²) in [6, 6.07) is 6.33. The molecule has 0 bridgehead atoms. The second-order valence-electron chi connectivity index (χ2n) is 6.73. The number of amides is 2. The number of aromatic nitrogens is 1. The number of carbonyl (C=O) groups excluding carboxylic acids is 1. The van der Waals surface area contributed by atoms with E-state index in [4.69, 9.17) is 0 Å². The molecule has 27 heavy (non-hydrogen) atoms. The first-order valence-corrected chi connectivity index (χ1v) is 9.01. The summed E-state index contributed by atoms with van der Waals surface area (Å²) < 4.78 is 13.2. The van der Waals surface area contributed by atoms with E-state index in [1.807, 2.05) is 17.1 Å². The molecule has 0 spiro atoms. The zero-order chi connectivity index (χ0) is 18.8. The van der Waals surface area contributed by atoms with Crippen molar-refractivity contribution in [3.63, 3.8) is 0 Å². The first-order valence-electron chi connectivity index (χ1n) is 9.01. The summed E-state index contributed by atoms with van der Waals surface area (Å²) in [5, 5.41) is 13.2. The van der Waals surface area contributed by atoms with Gasteiger partial charge >= 0.3 is 6.03 Å². The molecule has 6 nitrogen and oxygen atoms in total. The highest BCUT2D eigenvalue weighted by Gasteiger charge is 2.23. The molecule has 1 aromatic carbocycles. The molecule has 2 aliphatic heterocycles. The number of carbonyl (C=O) groups is 1. The Morgan fingerprint density at radius 2 is 2.04 bits per heavy atom. The standard InChI is InChI=1S/C20H21FN4O2/c21-15-5-3-14(4-6-15)13-25-9-1-2-16-17(23-12-18(26)19(16)25)7-10-24-11-8-22-20(24)27/h1-6,12,26H,7-11,13H2,(H,22,27). The number of pyridine rings is 1. The van der Waals surface area contributed by atoms with Gasteiger partial charge in [-0.05, 0) is 17.7 Å². The van der Waals surface area contributed by atoms with Gasteiger partial charge in [0, 0.05) is 44.7 Å². The number of anilines is 1. The Morgan fingerprint density at radius 3 is 2.78 bits per heavy atom. The fourth-order valence-corrected chi connectivity index (χ4v) is 3.56. The van der Waals surface area contributed by atoms with E-state index in [9.17, 15) is 14.3 Å². The van der Waals surface area contributed by atoms with Crippen molar-refractivity contribution < 1.29 is 14.3 Å². The van der Waals surface area contributed by atoms with Crippen LogP contribution < -0.4 is 10.2 Å². The van der Waals surface area contributed by atoms with Gasteiger partial charge in [-0.2, -0.15) is 0 Å². The van der Waals surface area contributed by atoms with Gasteiger partial charge in [-0.1, -0.05) is 24.3 Å².